The summed E-state index contributed by atoms with van der Waals surface area (Å²) in [7, 11) is 0. The smallest absolute Gasteiger partial charge is 0.223 e. The van der Waals surface area contributed by atoms with Crippen LogP contribution in [0.25, 0.3) is 0 Å². The van der Waals surface area contributed by atoms with Crippen LogP contribution in [-0.2, 0) is 4.79 Å². The summed E-state index contributed by atoms with van der Waals surface area (Å²) in [5, 5.41) is 3.12. The number of hydrogen-bond donors (Lipinski definition) is 1. The second-order valence-corrected chi connectivity index (χ2v) is 5.69. The Labute approximate surface area is 92.8 Å². The molecule has 2 fully saturated rings. The molecule has 0 unspecified atom stereocenters. The lowest BCUT2D eigenvalue weighted by Crippen LogP contribution is -2.32. The third-order valence-corrected chi connectivity index (χ3v) is 4.15. The number of nitrogens with one attached hydrogen (secondary N) is 1. The average Bonchev–Trinajstić information content (AvgIpc) is 2.94. The third-order valence-electron chi connectivity index (χ3n) is 4.15. The van der Waals surface area contributed by atoms with Crippen molar-refractivity contribution in [1.82, 2.24) is 5.32 Å². The molecule has 2 heteroatoms. The van der Waals surface area contributed by atoms with Gasteiger partial charge in [0.25, 0.3) is 0 Å². The molecule has 2 nitrogen and oxygen atoms in total. The first kappa shape index (κ1) is 11.0. The van der Waals surface area contributed by atoms with Gasteiger partial charge in [-0.2, -0.15) is 0 Å². The lowest BCUT2D eigenvalue weighted by atomic mass is 9.83. The average molecular weight is 209 g/mol. The van der Waals surface area contributed by atoms with E-state index >= 15 is 0 Å². The largest absolute Gasteiger partial charge is 0.356 e. The first-order valence-electron chi connectivity index (χ1n) is 6.44. The maximum absolute atomic E-state index is 11.6. The first-order valence-corrected chi connectivity index (χ1v) is 6.44. The zero-order valence-corrected chi connectivity index (χ0v) is 9.96. The zero-order valence-electron chi connectivity index (χ0n) is 9.96. The lowest BCUT2D eigenvalue weighted by Gasteiger charge is -2.26. The van der Waals surface area contributed by atoms with E-state index in [1.807, 2.05) is 0 Å². The van der Waals surface area contributed by atoms with Crippen LogP contribution in [0.1, 0.15) is 46.0 Å². The highest BCUT2D eigenvalue weighted by molar-refractivity contribution is 5.81. The molecule has 0 saturated heterocycles. The molecular formula is C13H23NO. The minimum atomic E-state index is 0.307. The lowest BCUT2D eigenvalue weighted by molar-refractivity contribution is -0.122. The summed E-state index contributed by atoms with van der Waals surface area (Å²) in [5.74, 6) is 2.93. The maximum atomic E-state index is 11.6. The summed E-state index contributed by atoms with van der Waals surface area (Å²) >= 11 is 0. The second-order valence-electron chi connectivity index (χ2n) is 5.69. The highest BCUT2D eigenvalue weighted by atomic mass is 16.2. The van der Waals surface area contributed by atoms with E-state index in [1.54, 1.807) is 0 Å². The Bertz CT molecular complexity index is 231. The van der Waals surface area contributed by atoms with Crippen LogP contribution < -0.4 is 5.32 Å². The Morgan fingerprint density at radius 2 is 1.80 bits per heavy atom. The summed E-state index contributed by atoms with van der Waals surface area (Å²) in [5.41, 5.74) is 0. The Morgan fingerprint density at radius 1 is 1.20 bits per heavy atom. The highest BCUT2D eigenvalue weighted by Gasteiger charge is 2.39. The van der Waals surface area contributed by atoms with E-state index in [9.17, 15) is 4.79 Å². The Kier molecular flexibility index (Phi) is 3.32. The number of carbonyl (C=O) groups excluding carboxylic acids is 1. The molecule has 0 heterocycles. The Hall–Kier alpha value is -0.530. The molecule has 2 aliphatic rings. The molecule has 0 spiro atoms. The van der Waals surface area contributed by atoms with Crippen LogP contribution >= 0.6 is 0 Å². The summed E-state index contributed by atoms with van der Waals surface area (Å²) in [6, 6.07) is 0. The van der Waals surface area contributed by atoms with Crippen molar-refractivity contribution < 1.29 is 4.79 Å². The van der Waals surface area contributed by atoms with Gasteiger partial charge in [-0.25, -0.2) is 0 Å². The number of rotatable bonds is 3. The summed E-state index contributed by atoms with van der Waals surface area (Å²) in [4.78, 5) is 11.6. The van der Waals surface area contributed by atoms with Crippen LogP contribution in [-0.4, -0.2) is 12.5 Å². The fourth-order valence-corrected chi connectivity index (χ4v) is 2.60. The molecule has 0 aromatic heterocycles. The van der Waals surface area contributed by atoms with Gasteiger partial charge < -0.3 is 5.32 Å². The first-order chi connectivity index (χ1) is 7.16. The van der Waals surface area contributed by atoms with Crippen LogP contribution in [0.15, 0.2) is 0 Å². The van der Waals surface area contributed by atoms with Crippen molar-refractivity contribution in [2.24, 2.45) is 23.7 Å². The molecule has 0 aromatic rings. The molecule has 1 N–H and O–H groups in total. The van der Waals surface area contributed by atoms with Gasteiger partial charge in [-0.05, 0) is 37.0 Å². The number of hydrogen-bond acceptors (Lipinski definition) is 1. The molecule has 2 saturated carbocycles. The van der Waals surface area contributed by atoms with E-state index in [4.69, 9.17) is 0 Å². The molecule has 86 valence electrons. The van der Waals surface area contributed by atoms with E-state index < -0.39 is 0 Å². The number of carbonyl (C=O) groups is 1. The van der Waals surface area contributed by atoms with Crippen LogP contribution in [0.2, 0.25) is 0 Å². The van der Waals surface area contributed by atoms with Crippen molar-refractivity contribution in [3.63, 3.8) is 0 Å². The van der Waals surface area contributed by atoms with Crippen LogP contribution in [0.3, 0.4) is 0 Å². The topological polar surface area (TPSA) is 29.1 Å². The SMILES string of the molecule is CC1CCC(CNC(=O)[C@H]2C[C@H]2C)CC1. The number of amides is 1. The zero-order chi connectivity index (χ0) is 10.8. The van der Waals surface area contributed by atoms with Gasteiger partial charge in [-0.3, -0.25) is 4.79 Å². The van der Waals surface area contributed by atoms with E-state index in [-0.39, 0.29) is 0 Å². The summed E-state index contributed by atoms with van der Waals surface area (Å²) in [6.07, 6.45) is 6.41. The predicted molar refractivity (Wildman–Crippen MR) is 61.4 cm³/mol. The Morgan fingerprint density at radius 3 is 2.33 bits per heavy atom. The minimum Gasteiger partial charge on any atom is -0.356 e. The Balaban J connectivity index is 1.63. The standard InChI is InChI=1S/C13H23NO/c1-9-3-5-11(6-4-9)8-14-13(15)12-7-10(12)2/h9-12H,3-8H2,1-2H3,(H,14,15)/t9?,10-,11?,12+/m1/s1. The molecule has 0 aromatic carbocycles. The van der Waals surface area contributed by atoms with E-state index in [0.29, 0.717) is 17.7 Å². The molecule has 2 rings (SSSR count). The second kappa shape index (κ2) is 4.54. The molecule has 0 aliphatic heterocycles. The van der Waals surface area contributed by atoms with Crippen molar-refractivity contribution in [1.29, 1.82) is 0 Å². The normalized spacial score (nSPS) is 39.9. The van der Waals surface area contributed by atoms with Crippen molar-refractivity contribution in [2.45, 2.75) is 46.0 Å². The van der Waals surface area contributed by atoms with Gasteiger partial charge >= 0.3 is 0 Å². The van der Waals surface area contributed by atoms with E-state index in [0.717, 1.165) is 24.8 Å². The molecular weight excluding hydrogens is 186 g/mol. The highest BCUT2D eigenvalue weighted by Crippen LogP contribution is 2.37. The predicted octanol–water partition coefficient (Wildman–Crippen LogP) is 2.58. The molecule has 0 bridgehead atoms. The summed E-state index contributed by atoms with van der Waals surface area (Å²) < 4.78 is 0. The molecule has 2 aliphatic carbocycles. The van der Waals surface area contributed by atoms with Gasteiger partial charge in [0.05, 0.1) is 0 Å². The van der Waals surface area contributed by atoms with E-state index in [1.165, 1.54) is 25.7 Å². The fourth-order valence-electron chi connectivity index (χ4n) is 2.60. The van der Waals surface area contributed by atoms with Crippen LogP contribution in [0.4, 0.5) is 0 Å². The van der Waals surface area contributed by atoms with Crippen LogP contribution in [0.5, 0.6) is 0 Å². The van der Waals surface area contributed by atoms with Gasteiger partial charge in [-0.15, -0.1) is 0 Å². The fraction of sp³-hybridized carbons (Fsp3) is 0.923. The van der Waals surface area contributed by atoms with Gasteiger partial charge in [0.15, 0.2) is 0 Å². The monoisotopic (exact) mass is 209 g/mol. The molecule has 0 radical (unpaired) electrons. The summed E-state index contributed by atoms with van der Waals surface area (Å²) in [6.45, 7) is 5.42. The van der Waals surface area contributed by atoms with Gasteiger partial charge in [0.2, 0.25) is 5.91 Å². The van der Waals surface area contributed by atoms with Crippen molar-refractivity contribution in [3.8, 4) is 0 Å². The van der Waals surface area contributed by atoms with Gasteiger partial charge in [-0.1, -0.05) is 26.7 Å². The quantitative estimate of drug-likeness (QED) is 0.760. The van der Waals surface area contributed by atoms with Gasteiger partial charge in [0, 0.05) is 12.5 Å². The van der Waals surface area contributed by atoms with Crippen molar-refractivity contribution in [2.75, 3.05) is 6.54 Å². The third kappa shape index (κ3) is 2.96. The van der Waals surface area contributed by atoms with Crippen LogP contribution in [0, 0.1) is 23.7 Å². The van der Waals surface area contributed by atoms with E-state index in [2.05, 4.69) is 19.2 Å². The molecule has 15 heavy (non-hydrogen) atoms. The maximum Gasteiger partial charge on any atom is 0.223 e. The molecule has 1 amide bonds. The molecule has 2 atom stereocenters. The van der Waals surface area contributed by atoms with Crippen molar-refractivity contribution in [3.05, 3.63) is 0 Å². The van der Waals surface area contributed by atoms with Crippen molar-refractivity contribution >= 4 is 5.91 Å². The minimum absolute atomic E-state index is 0.307. The van der Waals surface area contributed by atoms with Gasteiger partial charge in [0.1, 0.15) is 0 Å².